The van der Waals surface area contributed by atoms with Crippen LogP contribution in [0, 0.1) is 11.8 Å². The van der Waals surface area contributed by atoms with Gasteiger partial charge in [-0.1, -0.05) is 26.0 Å². The molecule has 1 aromatic carbocycles. The number of carbonyl (C=O) groups is 2. The third-order valence-electron chi connectivity index (χ3n) is 4.88. The van der Waals surface area contributed by atoms with Crippen molar-refractivity contribution in [3.63, 3.8) is 0 Å². The van der Waals surface area contributed by atoms with Crippen LogP contribution in [0.25, 0.3) is 11.0 Å². The number of para-hydroxylation sites is 2. The maximum Gasteiger partial charge on any atom is 0.229 e. The van der Waals surface area contributed by atoms with Crippen LogP contribution < -0.4 is 5.32 Å². The monoisotopic (exact) mass is 342 g/mol. The molecule has 1 saturated heterocycles. The molecule has 3 rings (SSSR count). The van der Waals surface area contributed by atoms with Crippen molar-refractivity contribution in [2.75, 3.05) is 18.4 Å². The van der Waals surface area contributed by atoms with Crippen LogP contribution in [-0.2, 0) is 16.1 Å². The van der Waals surface area contributed by atoms with Gasteiger partial charge < -0.3 is 9.47 Å². The Balaban J connectivity index is 1.67. The van der Waals surface area contributed by atoms with Gasteiger partial charge in [0.15, 0.2) is 0 Å². The SMILES string of the molecule is CCn1c(NC(=O)C2CCN(C(=O)C(C)C)CC2)nc2ccccc21. The lowest BCUT2D eigenvalue weighted by Gasteiger charge is -2.32. The van der Waals surface area contributed by atoms with Crippen molar-refractivity contribution in [3.8, 4) is 0 Å². The minimum Gasteiger partial charge on any atom is -0.342 e. The maximum absolute atomic E-state index is 12.7. The van der Waals surface area contributed by atoms with Crippen molar-refractivity contribution in [1.29, 1.82) is 0 Å². The minimum absolute atomic E-state index is 0.00153. The zero-order chi connectivity index (χ0) is 18.0. The molecule has 0 aliphatic carbocycles. The fourth-order valence-corrected chi connectivity index (χ4v) is 3.43. The maximum atomic E-state index is 12.7. The van der Waals surface area contributed by atoms with E-state index < -0.39 is 0 Å². The Morgan fingerprint density at radius 3 is 2.56 bits per heavy atom. The fraction of sp³-hybridized carbons (Fsp3) is 0.526. The zero-order valence-electron chi connectivity index (χ0n) is 15.2. The van der Waals surface area contributed by atoms with Gasteiger partial charge in [-0.2, -0.15) is 0 Å². The molecule has 0 atom stereocenters. The molecule has 134 valence electrons. The summed E-state index contributed by atoms with van der Waals surface area (Å²) in [5, 5.41) is 3.00. The number of piperidine rings is 1. The van der Waals surface area contributed by atoms with E-state index in [1.165, 1.54) is 0 Å². The molecule has 0 spiro atoms. The number of hydrogen-bond acceptors (Lipinski definition) is 3. The Morgan fingerprint density at radius 1 is 1.24 bits per heavy atom. The number of nitrogens with one attached hydrogen (secondary N) is 1. The Kier molecular flexibility index (Phi) is 5.06. The molecular formula is C19H26N4O2. The average molecular weight is 342 g/mol. The molecular weight excluding hydrogens is 316 g/mol. The normalized spacial score (nSPS) is 15.8. The average Bonchev–Trinajstić information content (AvgIpc) is 2.98. The lowest BCUT2D eigenvalue weighted by molar-refractivity contribution is -0.137. The van der Waals surface area contributed by atoms with Crippen LogP contribution in [0.3, 0.4) is 0 Å². The Bertz CT molecular complexity index is 773. The van der Waals surface area contributed by atoms with E-state index in [0.29, 0.717) is 31.9 Å². The van der Waals surface area contributed by atoms with Crippen molar-refractivity contribution in [1.82, 2.24) is 14.5 Å². The predicted octanol–water partition coefficient (Wildman–Crippen LogP) is 2.89. The van der Waals surface area contributed by atoms with E-state index in [4.69, 9.17) is 0 Å². The number of imidazole rings is 1. The lowest BCUT2D eigenvalue weighted by atomic mass is 9.95. The molecule has 25 heavy (non-hydrogen) atoms. The first kappa shape index (κ1) is 17.5. The van der Waals surface area contributed by atoms with Crippen LogP contribution in [0.15, 0.2) is 24.3 Å². The quantitative estimate of drug-likeness (QED) is 0.929. The number of aryl methyl sites for hydroxylation is 1. The van der Waals surface area contributed by atoms with Gasteiger partial charge in [-0.25, -0.2) is 4.98 Å². The van der Waals surface area contributed by atoms with Gasteiger partial charge in [-0.05, 0) is 31.9 Å². The largest absolute Gasteiger partial charge is 0.342 e. The van der Waals surface area contributed by atoms with Crippen molar-refractivity contribution in [2.45, 2.75) is 40.2 Å². The number of aromatic nitrogens is 2. The van der Waals surface area contributed by atoms with Crippen LogP contribution in [-0.4, -0.2) is 39.4 Å². The summed E-state index contributed by atoms with van der Waals surface area (Å²) in [5.74, 6) is 0.721. The highest BCUT2D eigenvalue weighted by Crippen LogP contribution is 2.23. The fourth-order valence-electron chi connectivity index (χ4n) is 3.43. The minimum atomic E-state index is -0.0682. The number of fused-ring (bicyclic) bond motifs is 1. The predicted molar refractivity (Wildman–Crippen MR) is 98.2 cm³/mol. The molecule has 6 nitrogen and oxygen atoms in total. The summed E-state index contributed by atoms with van der Waals surface area (Å²) < 4.78 is 2.02. The molecule has 1 fully saturated rings. The lowest BCUT2D eigenvalue weighted by Crippen LogP contribution is -2.43. The van der Waals surface area contributed by atoms with Gasteiger partial charge in [-0.15, -0.1) is 0 Å². The molecule has 0 saturated carbocycles. The summed E-state index contributed by atoms with van der Waals surface area (Å²) in [5.41, 5.74) is 1.91. The smallest absolute Gasteiger partial charge is 0.229 e. The van der Waals surface area contributed by atoms with E-state index in [-0.39, 0.29) is 23.7 Å². The standard InChI is InChI=1S/C19H26N4O2/c1-4-23-16-8-6-5-7-15(16)20-19(23)21-17(24)14-9-11-22(12-10-14)18(25)13(2)3/h5-8,13-14H,4,9-12H2,1-3H3,(H,20,21,24). The molecule has 0 radical (unpaired) electrons. The van der Waals surface area contributed by atoms with Crippen LogP contribution in [0.4, 0.5) is 5.95 Å². The van der Waals surface area contributed by atoms with Gasteiger partial charge >= 0.3 is 0 Å². The number of nitrogens with zero attached hydrogens (tertiary/aromatic N) is 3. The molecule has 0 bridgehead atoms. The van der Waals surface area contributed by atoms with Gasteiger partial charge in [0.2, 0.25) is 17.8 Å². The summed E-state index contributed by atoms with van der Waals surface area (Å²) >= 11 is 0. The van der Waals surface area contributed by atoms with E-state index in [1.807, 2.05) is 54.5 Å². The molecule has 6 heteroatoms. The summed E-state index contributed by atoms with van der Waals surface area (Å²) in [4.78, 5) is 31.1. The van der Waals surface area contributed by atoms with Crippen molar-refractivity contribution in [3.05, 3.63) is 24.3 Å². The Hall–Kier alpha value is -2.37. The molecule has 2 amide bonds. The second-order valence-electron chi connectivity index (χ2n) is 6.91. The Morgan fingerprint density at radius 2 is 1.92 bits per heavy atom. The highest BCUT2D eigenvalue weighted by molar-refractivity contribution is 5.93. The molecule has 2 aromatic rings. The Labute approximate surface area is 148 Å². The van der Waals surface area contributed by atoms with E-state index >= 15 is 0 Å². The molecule has 1 aliphatic rings. The van der Waals surface area contributed by atoms with Gasteiger partial charge in [0.1, 0.15) is 0 Å². The summed E-state index contributed by atoms with van der Waals surface area (Å²) in [6.45, 7) is 7.92. The first-order chi connectivity index (χ1) is 12.0. The first-order valence-corrected chi connectivity index (χ1v) is 9.06. The number of rotatable bonds is 4. The number of benzene rings is 1. The summed E-state index contributed by atoms with van der Waals surface area (Å²) in [6, 6.07) is 7.89. The molecule has 2 heterocycles. The molecule has 1 aliphatic heterocycles. The van der Waals surface area contributed by atoms with E-state index in [2.05, 4.69) is 10.3 Å². The van der Waals surface area contributed by atoms with Crippen LogP contribution >= 0.6 is 0 Å². The van der Waals surface area contributed by atoms with E-state index in [9.17, 15) is 9.59 Å². The third-order valence-corrected chi connectivity index (χ3v) is 4.88. The van der Waals surface area contributed by atoms with Gasteiger partial charge in [-0.3, -0.25) is 14.9 Å². The van der Waals surface area contributed by atoms with Gasteiger partial charge in [0.25, 0.3) is 0 Å². The van der Waals surface area contributed by atoms with Crippen LogP contribution in [0.2, 0.25) is 0 Å². The van der Waals surface area contributed by atoms with Crippen molar-refractivity contribution >= 4 is 28.8 Å². The highest BCUT2D eigenvalue weighted by atomic mass is 16.2. The van der Waals surface area contributed by atoms with Crippen LogP contribution in [0.1, 0.15) is 33.6 Å². The summed E-state index contributed by atoms with van der Waals surface area (Å²) in [6.07, 6.45) is 1.41. The zero-order valence-corrected chi connectivity index (χ0v) is 15.2. The summed E-state index contributed by atoms with van der Waals surface area (Å²) in [7, 11) is 0. The van der Waals surface area contributed by atoms with Gasteiger partial charge in [0.05, 0.1) is 11.0 Å². The number of likely N-dealkylation sites (tertiary alicyclic amines) is 1. The molecule has 1 aromatic heterocycles. The third kappa shape index (κ3) is 3.52. The second-order valence-corrected chi connectivity index (χ2v) is 6.91. The molecule has 0 unspecified atom stereocenters. The van der Waals surface area contributed by atoms with E-state index in [1.54, 1.807) is 0 Å². The number of carbonyl (C=O) groups excluding carboxylic acids is 2. The highest BCUT2D eigenvalue weighted by Gasteiger charge is 2.29. The number of hydrogen-bond donors (Lipinski definition) is 1. The number of anilines is 1. The van der Waals surface area contributed by atoms with Crippen molar-refractivity contribution < 1.29 is 9.59 Å². The van der Waals surface area contributed by atoms with Crippen molar-refractivity contribution in [2.24, 2.45) is 11.8 Å². The topological polar surface area (TPSA) is 67.2 Å². The first-order valence-electron chi connectivity index (χ1n) is 9.06. The van der Waals surface area contributed by atoms with E-state index in [0.717, 1.165) is 17.6 Å². The molecule has 1 N–H and O–H groups in total. The van der Waals surface area contributed by atoms with Crippen LogP contribution in [0.5, 0.6) is 0 Å². The number of amides is 2. The second kappa shape index (κ2) is 7.25. The van der Waals surface area contributed by atoms with Gasteiger partial charge in [0, 0.05) is 31.5 Å².